The molecule has 150 valence electrons. The number of nitrogens with zero attached hydrogens (tertiary/aromatic N) is 3. The third-order valence-electron chi connectivity index (χ3n) is 5.00. The molecule has 1 aromatic heterocycles. The molecule has 30 heavy (non-hydrogen) atoms. The molecule has 6 heteroatoms. The lowest BCUT2D eigenvalue weighted by atomic mass is 10.1. The third-order valence-corrected chi connectivity index (χ3v) is 6.21. The Kier molecular flexibility index (Phi) is 5.68. The van der Waals surface area contributed by atoms with Crippen LogP contribution in [0.15, 0.2) is 84.0 Å². The molecule has 0 saturated carbocycles. The quantitative estimate of drug-likeness (QED) is 0.457. The summed E-state index contributed by atoms with van der Waals surface area (Å²) in [6.45, 7) is 4.16. The first kappa shape index (κ1) is 19.9. The second-order valence-electron chi connectivity index (χ2n) is 7.09. The van der Waals surface area contributed by atoms with Crippen molar-refractivity contribution < 1.29 is 4.79 Å². The molecule has 0 aliphatic carbocycles. The number of amides is 1. The van der Waals surface area contributed by atoms with E-state index in [1.165, 1.54) is 22.9 Å². The minimum atomic E-state index is -0.565. The minimum absolute atomic E-state index is 0.415. The van der Waals surface area contributed by atoms with Crippen LogP contribution in [0.5, 0.6) is 0 Å². The summed E-state index contributed by atoms with van der Waals surface area (Å²) < 4.78 is 1.99. The van der Waals surface area contributed by atoms with E-state index >= 15 is 0 Å². The van der Waals surface area contributed by atoms with E-state index in [0.29, 0.717) is 5.16 Å². The summed E-state index contributed by atoms with van der Waals surface area (Å²) in [6, 6.07) is 25.6. The molecule has 1 unspecified atom stereocenters. The first-order valence-electron chi connectivity index (χ1n) is 9.64. The van der Waals surface area contributed by atoms with E-state index in [2.05, 4.69) is 36.2 Å². The van der Waals surface area contributed by atoms with Crippen LogP contribution in [0.1, 0.15) is 21.9 Å². The molecule has 3 aromatic carbocycles. The van der Waals surface area contributed by atoms with Crippen molar-refractivity contribution in [1.82, 2.24) is 14.8 Å². The first-order chi connectivity index (χ1) is 14.5. The van der Waals surface area contributed by atoms with Crippen molar-refractivity contribution in [3.63, 3.8) is 0 Å². The van der Waals surface area contributed by atoms with Crippen LogP contribution >= 0.6 is 11.8 Å². The van der Waals surface area contributed by atoms with Crippen LogP contribution in [0, 0.1) is 13.8 Å². The molecular weight excluding hydrogens is 392 g/mol. The van der Waals surface area contributed by atoms with Crippen LogP contribution in [0.3, 0.4) is 0 Å². The molecule has 5 nitrogen and oxygen atoms in total. The zero-order valence-corrected chi connectivity index (χ0v) is 17.6. The highest BCUT2D eigenvalue weighted by Crippen LogP contribution is 2.37. The number of aryl methyl sites for hydroxylation is 2. The average Bonchev–Trinajstić information content (AvgIpc) is 3.18. The summed E-state index contributed by atoms with van der Waals surface area (Å²) in [5.74, 6) is 0.305. The predicted molar refractivity (Wildman–Crippen MR) is 121 cm³/mol. The highest BCUT2D eigenvalue weighted by Gasteiger charge is 2.25. The zero-order chi connectivity index (χ0) is 21.1. The van der Waals surface area contributed by atoms with Gasteiger partial charge in [-0.05, 0) is 42.7 Å². The molecule has 0 radical (unpaired) electrons. The van der Waals surface area contributed by atoms with E-state index in [0.717, 1.165) is 22.6 Å². The van der Waals surface area contributed by atoms with Crippen LogP contribution in [0.4, 0.5) is 0 Å². The molecule has 1 amide bonds. The van der Waals surface area contributed by atoms with Gasteiger partial charge in [-0.25, -0.2) is 0 Å². The number of rotatable bonds is 6. The van der Waals surface area contributed by atoms with Gasteiger partial charge in [0.15, 0.2) is 11.0 Å². The number of aromatic nitrogens is 3. The molecule has 0 bridgehead atoms. The van der Waals surface area contributed by atoms with Crippen LogP contribution in [-0.4, -0.2) is 20.7 Å². The molecule has 1 atom stereocenters. The second-order valence-corrected chi connectivity index (χ2v) is 8.16. The smallest absolute Gasteiger partial charge is 0.235 e. The summed E-state index contributed by atoms with van der Waals surface area (Å²) in [5.41, 5.74) is 10.9. The number of carbonyl (C=O) groups excluding carboxylic acids is 1. The summed E-state index contributed by atoms with van der Waals surface area (Å²) in [4.78, 5) is 12.3. The number of thioether (sulfide) groups is 1. The van der Waals surface area contributed by atoms with Crippen LogP contribution < -0.4 is 5.73 Å². The van der Waals surface area contributed by atoms with Crippen molar-refractivity contribution in [3.8, 4) is 17.1 Å². The van der Waals surface area contributed by atoms with E-state index < -0.39 is 11.2 Å². The van der Waals surface area contributed by atoms with Crippen molar-refractivity contribution in [2.45, 2.75) is 24.3 Å². The van der Waals surface area contributed by atoms with Gasteiger partial charge in [0.2, 0.25) is 5.91 Å². The Balaban J connectivity index is 1.84. The molecule has 0 aliphatic rings. The van der Waals surface area contributed by atoms with E-state index in [9.17, 15) is 4.79 Å². The lowest BCUT2D eigenvalue weighted by Crippen LogP contribution is -2.19. The maximum Gasteiger partial charge on any atom is 0.235 e. The third kappa shape index (κ3) is 4.00. The summed E-state index contributed by atoms with van der Waals surface area (Å²) in [7, 11) is 0. The van der Waals surface area contributed by atoms with Gasteiger partial charge in [0.1, 0.15) is 5.25 Å². The van der Waals surface area contributed by atoms with Crippen molar-refractivity contribution in [2.24, 2.45) is 5.73 Å². The van der Waals surface area contributed by atoms with E-state index in [1.54, 1.807) is 0 Å². The van der Waals surface area contributed by atoms with Gasteiger partial charge in [-0.1, -0.05) is 78.5 Å². The molecule has 0 saturated heterocycles. The largest absolute Gasteiger partial charge is 0.368 e. The van der Waals surface area contributed by atoms with Crippen molar-refractivity contribution in [1.29, 1.82) is 0 Å². The number of primary amides is 1. The molecular formula is C24H22N4OS. The fourth-order valence-electron chi connectivity index (χ4n) is 3.24. The van der Waals surface area contributed by atoms with Gasteiger partial charge in [0, 0.05) is 5.56 Å². The standard InChI is InChI=1S/C24H22N4OS/c1-16-13-14-20(15-17(16)2)28-23(19-11-7-4-8-12-19)26-27-24(28)30-21(22(25)29)18-9-5-3-6-10-18/h3-15,21H,1-2H3,(H2,25,29). The Bertz CT molecular complexity index is 1170. The van der Waals surface area contributed by atoms with E-state index in [4.69, 9.17) is 5.73 Å². The lowest BCUT2D eigenvalue weighted by molar-refractivity contribution is -0.117. The number of benzene rings is 3. The number of hydrogen-bond acceptors (Lipinski definition) is 4. The van der Waals surface area contributed by atoms with Gasteiger partial charge in [-0.3, -0.25) is 9.36 Å². The second kappa shape index (κ2) is 8.55. The summed E-state index contributed by atoms with van der Waals surface area (Å²) in [5, 5.41) is 8.95. The molecule has 0 aliphatic heterocycles. The van der Waals surface area contributed by atoms with Gasteiger partial charge in [-0.15, -0.1) is 10.2 Å². The van der Waals surface area contributed by atoms with E-state index in [1.807, 2.05) is 71.3 Å². The Hall–Kier alpha value is -3.38. The summed E-state index contributed by atoms with van der Waals surface area (Å²) in [6.07, 6.45) is 0. The van der Waals surface area contributed by atoms with Crippen LogP contribution in [0.25, 0.3) is 17.1 Å². The highest BCUT2D eigenvalue weighted by atomic mass is 32.2. The fraction of sp³-hybridized carbons (Fsp3) is 0.125. The maximum atomic E-state index is 12.3. The van der Waals surface area contributed by atoms with Crippen molar-refractivity contribution >= 4 is 17.7 Å². The minimum Gasteiger partial charge on any atom is -0.368 e. The van der Waals surface area contributed by atoms with Gasteiger partial charge >= 0.3 is 0 Å². The Labute approximate surface area is 180 Å². The van der Waals surface area contributed by atoms with Gasteiger partial charge in [0.05, 0.1) is 5.69 Å². The molecule has 4 aromatic rings. The molecule has 2 N–H and O–H groups in total. The number of carbonyl (C=O) groups is 1. The van der Waals surface area contributed by atoms with Gasteiger partial charge in [0.25, 0.3) is 0 Å². The Morgan fingerprint density at radius 3 is 2.20 bits per heavy atom. The molecule has 0 spiro atoms. The summed E-state index contributed by atoms with van der Waals surface area (Å²) >= 11 is 1.31. The molecule has 0 fully saturated rings. The van der Waals surface area contributed by atoms with Gasteiger partial charge in [-0.2, -0.15) is 0 Å². The SMILES string of the molecule is Cc1ccc(-n2c(SC(C(N)=O)c3ccccc3)nnc2-c2ccccc2)cc1C. The maximum absolute atomic E-state index is 12.3. The lowest BCUT2D eigenvalue weighted by Gasteiger charge is -2.16. The van der Waals surface area contributed by atoms with E-state index in [-0.39, 0.29) is 0 Å². The zero-order valence-electron chi connectivity index (χ0n) is 16.8. The Morgan fingerprint density at radius 2 is 1.57 bits per heavy atom. The topological polar surface area (TPSA) is 73.8 Å². The Morgan fingerprint density at radius 1 is 0.900 bits per heavy atom. The fourth-order valence-corrected chi connectivity index (χ4v) is 4.25. The van der Waals surface area contributed by atoms with Crippen molar-refractivity contribution in [2.75, 3.05) is 0 Å². The number of nitrogens with two attached hydrogens (primary N) is 1. The average molecular weight is 415 g/mol. The molecule has 4 rings (SSSR count). The van der Waals surface area contributed by atoms with Crippen LogP contribution in [0.2, 0.25) is 0 Å². The monoisotopic (exact) mass is 414 g/mol. The van der Waals surface area contributed by atoms with Gasteiger partial charge < -0.3 is 5.73 Å². The van der Waals surface area contributed by atoms with Crippen LogP contribution in [-0.2, 0) is 4.79 Å². The van der Waals surface area contributed by atoms with Crippen molar-refractivity contribution in [3.05, 3.63) is 95.6 Å². The molecule has 1 heterocycles. The number of hydrogen-bond donors (Lipinski definition) is 1. The highest BCUT2D eigenvalue weighted by molar-refractivity contribution is 8.00. The normalized spacial score (nSPS) is 11.9. The first-order valence-corrected chi connectivity index (χ1v) is 10.5. The predicted octanol–water partition coefficient (Wildman–Crippen LogP) is 4.87.